The first kappa shape index (κ1) is 16.9. The molecule has 2 aromatic rings. The predicted molar refractivity (Wildman–Crippen MR) is 78.6 cm³/mol. The third-order valence-corrected chi connectivity index (χ3v) is 3.23. The number of aromatic nitrogens is 4. The summed E-state index contributed by atoms with van der Waals surface area (Å²) in [6.45, 7) is 2.30. The Bertz CT molecular complexity index is 712. The van der Waals surface area contributed by atoms with Gasteiger partial charge in [0.25, 0.3) is 0 Å². The number of ether oxygens (including phenoxy) is 1. The Kier molecular flexibility index (Phi) is 4.94. The first-order chi connectivity index (χ1) is 10.9. The van der Waals surface area contributed by atoms with Gasteiger partial charge in [-0.15, -0.1) is 5.10 Å². The molecule has 0 saturated heterocycles. The van der Waals surface area contributed by atoms with Gasteiger partial charge in [-0.05, 0) is 13.3 Å². The van der Waals surface area contributed by atoms with Gasteiger partial charge in [-0.2, -0.15) is 5.10 Å². The van der Waals surface area contributed by atoms with Crippen LogP contribution in [-0.4, -0.2) is 49.0 Å². The molecule has 2 aromatic heterocycles. The highest BCUT2D eigenvalue weighted by atomic mass is 19.1. The lowest BCUT2D eigenvalue weighted by Crippen LogP contribution is -2.17. The van der Waals surface area contributed by atoms with Crippen molar-refractivity contribution in [3.63, 3.8) is 0 Å². The van der Waals surface area contributed by atoms with Crippen LogP contribution in [0.3, 0.4) is 0 Å². The Balaban J connectivity index is 2.51. The normalized spacial score (nSPS) is 12.4. The van der Waals surface area contributed by atoms with Gasteiger partial charge < -0.3 is 9.84 Å². The highest BCUT2D eigenvalue weighted by Crippen LogP contribution is 2.32. The van der Waals surface area contributed by atoms with Gasteiger partial charge in [0.2, 0.25) is 0 Å². The van der Waals surface area contributed by atoms with Crippen molar-refractivity contribution in [2.24, 2.45) is 7.05 Å². The minimum absolute atomic E-state index is 0.276. The van der Waals surface area contributed by atoms with E-state index in [0.717, 1.165) is 5.69 Å². The molecule has 23 heavy (non-hydrogen) atoms. The van der Waals surface area contributed by atoms with Crippen LogP contribution in [0.25, 0.3) is 5.82 Å². The molecule has 0 saturated carbocycles. The van der Waals surface area contributed by atoms with Crippen LogP contribution in [0.2, 0.25) is 0 Å². The number of rotatable bonds is 7. The Hall–Kier alpha value is -2.49. The SMILES string of the molecule is CCc1c([N+](=O)[O-])c(OCC(F)CO)nn1-c1cc(C)nn1C. The topological polar surface area (TPSA) is 108 Å². The van der Waals surface area contributed by atoms with Gasteiger partial charge in [0.1, 0.15) is 12.3 Å². The summed E-state index contributed by atoms with van der Waals surface area (Å²) in [7, 11) is 1.69. The quantitative estimate of drug-likeness (QED) is 0.602. The Morgan fingerprint density at radius 3 is 2.70 bits per heavy atom. The molecule has 10 heteroatoms. The molecule has 1 unspecified atom stereocenters. The van der Waals surface area contributed by atoms with Crippen molar-refractivity contribution in [2.75, 3.05) is 13.2 Å². The monoisotopic (exact) mass is 327 g/mol. The van der Waals surface area contributed by atoms with Crippen molar-refractivity contribution in [2.45, 2.75) is 26.4 Å². The maximum Gasteiger partial charge on any atom is 0.353 e. The number of aliphatic hydroxyl groups is 1. The van der Waals surface area contributed by atoms with Crippen LogP contribution < -0.4 is 4.74 Å². The third-order valence-electron chi connectivity index (χ3n) is 3.23. The summed E-state index contributed by atoms with van der Waals surface area (Å²) in [5.74, 6) is 0.262. The molecule has 0 aromatic carbocycles. The van der Waals surface area contributed by atoms with Crippen LogP contribution in [0.1, 0.15) is 18.3 Å². The van der Waals surface area contributed by atoms with E-state index in [0.29, 0.717) is 17.9 Å². The molecule has 0 aliphatic rings. The zero-order chi connectivity index (χ0) is 17.1. The second-order valence-corrected chi connectivity index (χ2v) is 4.98. The molecule has 9 nitrogen and oxygen atoms in total. The number of nitro groups is 1. The van der Waals surface area contributed by atoms with Crippen molar-refractivity contribution in [1.82, 2.24) is 19.6 Å². The molecule has 0 aliphatic heterocycles. The summed E-state index contributed by atoms with van der Waals surface area (Å²) in [6, 6.07) is 1.73. The van der Waals surface area contributed by atoms with E-state index in [4.69, 9.17) is 9.84 Å². The van der Waals surface area contributed by atoms with E-state index >= 15 is 0 Å². The molecule has 0 radical (unpaired) electrons. The summed E-state index contributed by atoms with van der Waals surface area (Å²) in [5.41, 5.74) is 0.748. The Morgan fingerprint density at radius 2 is 2.22 bits per heavy atom. The van der Waals surface area contributed by atoms with Crippen molar-refractivity contribution in [3.8, 4) is 11.7 Å². The average Bonchev–Trinajstić information content (AvgIpc) is 3.03. The minimum Gasteiger partial charge on any atom is -0.469 e. The number of nitrogens with zero attached hydrogens (tertiary/aromatic N) is 5. The smallest absolute Gasteiger partial charge is 0.353 e. The largest absolute Gasteiger partial charge is 0.469 e. The third kappa shape index (κ3) is 3.31. The molecule has 0 bridgehead atoms. The van der Waals surface area contributed by atoms with E-state index in [2.05, 4.69) is 10.2 Å². The zero-order valence-corrected chi connectivity index (χ0v) is 13.1. The molecule has 0 amide bonds. The van der Waals surface area contributed by atoms with E-state index in [9.17, 15) is 14.5 Å². The lowest BCUT2D eigenvalue weighted by molar-refractivity contribution is -0.386. The molecule has 0 spiro atoms. The van der Waals surface area contributed by atoms with Crippen molar-refractivity contribution < 1.29 is 19.2 Å². The average molecular weight is 327 g/mol. The number of hydrogen-bond donors (Lipinski definition) is 1. The first-order valence-electron chi connectivity index (χ1n) is 7.04. The standard InChI is InChI=1S/C13H18FN5O4/c1-4-10-12(19(21)22)13(23-7-9(14)6-20)16-18(10)11-5-8(2)15-17(11)3/h5,9,20H,4,6-7H2,1-3H3. The number of hydrogen-bond acceptors (Lipinski definition) is 6. The molecule has 1 N–H and O–H groups in total. The van der Waals surface area contributed by atoms with Gasteiger partial charge in [0, 0.05) is 13.1 Å². The van der Waals surface area contributed by atoms with Gasteiger partial charge in [-0.25, -0.2) is 9.07 Å². The van der Waals surface area contributed by atoms with Crippen LogP contribution in [0.4, 0.5) is 10.1 Å². The van der Waals surface area contributed by atoms with Gasteiger partial charge in [0.15, 0.2) is 12.0 Å². The van der Waals surface area contributed by atoms with Gasteiger partial charge in [0.05, 0.1) is 17.2 Å². The van der Waals surface area contributed by atoms with Crippen molar-refractivity contribution >= 4 is 5.69 Å². The summed E-state index contributed by atoms with van der Waals surface area (Å²) in [4.78, 5) is 10.8. The van der Waals surface area contributed by atoms with Crippen LogP contribution in [0, 0.1) is 17.0 Å². The molecule has 2 rings (SSSR count). The van der Waals surface area contributed by atoms with E-state index in [1.807, 2.05) is 0 Å². The first-order valence-corrected chi connectivity index (χ1v) is 7.04. The zero-order valence-electron chi connectivity index (χ0n) is 13.1. The van der Waals surface area contributed by atoms with E-state index in [-0.39, 0.29) is 11.6 Å². The molecular formula is C13H18FN5O4. The Labute approximate surface area is 131 Å². The van der Waals surface area contributed by atoms with E-state index < -0.39 is 24.3 Å². The van der Waals surface area contributed by atoms with Gasteiger partial charge in [-0.1, -0.05) is 6.92 Å². The lowest BCUT2D eigenvalue weighted by atomic mass is 10.3. The van der Waals surface area contributed by atoms with Crippen LogP contribution in [-0.2, 0) is 13.5 Å². The molecule has 1 atom stereocenters. The van der Waals surface area contributed by atoms with Crippen LogP contribution in [0.15, 0.2) is 6.07 Å². The summed E-state index contributed by atoms with van der Waals surface area (Å²) in [6.07, 6.45) is -1.31. The highest BCUT2D eigenvalue weighted by molar-refractivity contribution is 5.49. The lowest BCUT2D eigenvalue weighted by Gasteiger charge is -2.04. The second-order valence-electron chi connectivity index (χ2n) is 4.98. The molecule has 126 valence electrons. The van der Waals surface area contributed by atoms with Gasteiger partial charge >= 0.3 is 11.6 Å². The fourth-order valence-corrected chi connectivity index (χ4v) is 2.23. The number of halogens is 1. The fourth-order valence-electron chi connectivity index (χ4n) is 2.23. The summed E-state index contributed by atoms with van der Waals surface area (Å²) >= 11 is 0. The molecule has 0 fully saturated rings. The maximum atomic E-state index is 13.1. The predicted octanol–water partition coefficient (Wildman–Crippen LogP) is 1.09. The van der Waals surface area contributed by atoms with Gasteiger partial charge in [-0.3, -0.25) is 14.8 Å². The summed E-state index contributed by atoms with van der Waals surface area (Å²) in [5, 5.41) is 28.3. The van der Waals surface area contributed by atoms with Crippen LogP contribution in [0.5, 0.6) is 5.88 Å². The van der Waals surface area contributed by atoms with E-state index in [1.165, 1.54) is 4.68 Å². The molecule has 0 aliphatic carbocycles. The second kappa shape index (κ2) is 6.73. The number of aryl methyl sites for hydroxylation is 2. The van der Waals surface area contributed by atoms with Crippen LogP contribution >= 0.6 is 0 Å². The summed E-state index contributed by atoms with van der Waals surface area (Å²) < 4.78 is 21.2. The van der Waals surface area contributed by atoms with Crippen molar-refractivity contribution in [1.29, 1.82) is 0 Å². The molecular weight excluding hydrogens is 309 g/mol. The number of alkyl halides is 1. The minimum atomic E-state index is -1.64. The fraction of sp³-hybridized carbons (Fsp3) is 0.538. The van der Waals surface area contributed by atoms with Crippen molar-refractivity contribution in [3.05, 3.63) is 27.6 Å². The maximum absolute atomic E-state index is 13.1. The van der Waals surface area contributed by atoms with E-state index in [1.54, 1.807) is 31.6 Å². The Morgan fingerprint density at radius 1 is 1.52 bits per heavy atom. The molecule has 2 heterocycles. The highest BCUT2D eigenvalue weighted by Gasteiger charge is 2.30. The number of aliphatic hydroxyl groups excluding tert-OH is 1.